The van der Waals surface area contributed by atoms with Crippen molar-refractivity contribution in [3.8, 4) is 0 Å². The Morgan fingerprint density at radius 3 is 3.12 bits per heavy atom. The smallest absolute Gasteiger partial charge is 0.180 e. The first-order valence-electron chi connectivity index (χ1n) is 5.81. The molecule has 0 aliphatic carbocycles. The number of hydrogen-bond donors (Lipinski definition) is 1. The van der Waals surface area contributed by atoms with E-state index in [-0.39, 0.29) is 0 Å². The minimum absolute atomic E-state index is 0.592. The summed E-state index contributed by atoms with van der Waals surface area (Å²) in [6.45, 7) is 2.63. The van der Waals surface area contributed by atoms with Crippen LogP contribution in [0.3, 0.4) is 0 Å². The highest BCUT2D eigenvalue weighted by atomic mass is 16.5. The molecule has 5 heteroatoms. The highest BCUT2D eigenvalue weighted by molar-refractivity contribution is 5.71. The first-order chi connectivity index (χ1) is 8.42. The predicted octanol–water partition coefficient (Wildman–Crippen LogP) is 1.47. The van der Waals surface area contributed by atoms with E-state index in [1.807, 2.05) is 12.1 Å². The summed E-state index contributed by atoms with van der Waals surface area (Å²) in [7, 11) is 0. The van der Waals surface area contributed by atoms with E-state index < -0.39 is 0 Å². The van der Waals surface area contributed by atoms with Gasteiger partial charge in [-0.25, -0.2) is 9.97 Å². The highest BCUT2D eigenvalue weighted by Gasteiger charge is 2.15. The van der Waals surface area contributed by atoms with Crippen molar-refractivity contribution in [2.45, 2.75) is 6.42 Å². The second-order valence-electron chi connectivity index (χ2n) is 4.21. The maximum absolute atomic E-state index is 5.33. The minimum atomic E-state index is 0.592. The van der Waals surface area contributed by atoms with Crippen LogP contribution >= 0.6 is 0 Å². The molecule has 3 rings (SSSR count). The Labute approximate surface area is 99.3 Å². The van der Waals surface area contributed by atoms with Crippen LogP contribution < -0.4 is 5.32 Å². The van der Waals surface area contributed by atoms with Gasteiger partial charge in [0.2, 0.25) is 0 Å². The highest BCUT2D eigenvalue weighted by Crippen LogP contribution is 2.14. The van der Waals surface area contributed by atoms with Gasteiger partial charge in [-0.2, -0.15) is 0 Å². The molecule has 0 spiro atoms. The number of rotatable bonds is 3. The largest absolute Gasteiger partial charge is 0.381 e. The summed E-state index contributed by atoms with van der Waals surface area (Å²) in [5, 5.41) is 3.32. The third-order valence-corrected chi connectivity index (χ3v) is 2.93. The van der Waals surface area contributed by atoms with E-state index in [0.29, 0.717) is 11.6 Å². The Morgan fingerprint density at radius 1 is 1.29 bits per heavy atom. The summed E-state index contributed by atoms with van der Waals surface area (Å²) in [6, 6.07) is 3.87. The predicted molar refractivity (Wildman–Crippen MR) is 64.7 cm³/mol. The van der Waals surface area contributed by atoms with Crippen LogP contribution in [-0.2, 0) is 4.74 Å². The van der Waals surface area contributed by atoms with Crippen molar-refractivity contribution >= 4 is 17.0 Å². The fourth-order valence-corrected chi connectivity index (χ4v) is 1.95. The van der Waals surface area contributed by atoms with Crippen LogP contribution in [0.2, 0.25) is 0 Å². The van der Waals surface area contributed by atoms with Crippen molar-refractivity contribution in [2.75, 3.05) is 25.1 Å². The molecular formula is C12H14N4O. The van der Waals surface area contributed by atoms with Crippen molar-refractivity contribution in [3.63, 3.8) is 0 Å². The summed E-state index contributed by atoms with van der Waals surface area (Å²) in [5.74, 6) is 1.44. The van der Waals surface area contributed by atoms with Gasteiger partial charge >= 0.3 is 0 Å². The topological polar surface area (TPSA) is 59.9 Å². The standard InChI is InChI=1S/C12H14N4O/c1-2-11(15-7-9-3-6-17-8-9)16-12-10(1)13-4-5-14-12/h1-2,4-5,9H,3,6-8H2,(H,14,15,16). The van der Waals surface area contributed by atoms with Gasteiger partial charge in [-0.15, -0.1) is 0 Å². The number of nitrogens with one attached hydrogen (secondary N) is 1. The van der Waals surface area contributed by atoms with Crippen LogP contribution in [0.5, 0.6) is 0 Å². The summed E-state index contributed by atoms with van der Waals surface area (Å²) in [5.41, 5.74) is 1.50. The minimum Gasteiger partial charge on any atom is -0.381 e. The second-order valence-corrected chi connectivity index (χ2v) is 4.21. The maximum Gasteiger partial charge on any atom is 0.180 e. The number of ether oxygens (including phenoxy) is 1. The Kier molecular flexibility index (Phi) is 2.83. The fourth-order valence-electron chi connectivity index (χ4n) is 1.95. The molecule has 0 aromatic carbocycles. The molecule has 1 atom stereocenters. The summed E-state index contributed by atoms with van der Waals surface area (Å²) in [6.07, 6.45) is 4.46. The van der Waals surface area contributed by atoms with Crippen LogP contribution in [0.25, 0.3) is 11.2 Å². The zero-order chi connectivity index (χ0) is 11.5. The molecule has 1 fully saturated rings. The monoisotopic (exact) mass is 230 g/mol. The van der Waals surface area contributed by atoms with Crippen LogP contribution in [0.4, 0.5) is 5.82 Å². The number of fused-ring (bicyclic) bond motifs is 1. The zero-order valence-electron chi connectivity index (χ0n) is 9.47. The number of aromatic nitrogens is 3. The average Bonchev–Trinajstić information content (AvgIpc) is 2.89. The van der Waals surface area contributed by atoms with Crippen LogP contribution in [0.15, 0.2) is 24.5 Å². The molecule has 1 unspecified atom stereocenters. The Hall–Kier alpha value is -1.75. The first-order valence-corrected chi connectivity index (χ1v) is 5.81. The molecule has 2 aromatic heterocycles. The number of anilines is 1. The van der Waals surface area contributed by atoms with Gasteiger partial charge in [0.1, 0.15) is 11.3 Å². The van der Waals surface area contributed by atoms with Crippen molar-refractivity contribution in [3.05, 3.63) is 24.5 Å². The molecule has 88 valence electrons. The lowest BCUT2D eigenvalue weighted by molar-refractivity contribution is 0.187. The van der Waals surface area contributed by atoms with Gasteiger partial charge in [0.15, 0.2) is 5.65 Å². The molecule has 1 aliphatic heterocycles. The van der Waals surface area contributed by atoms with Crippen molar-refractivity contribution in [1.82, 2.24) is 15.0 Å². The summed E-state index contributed by atoms with van der Waals surface area (Å²) >= 11 is 0. The Balaban J connectivity index is 1.72. The average molecular weight is 230 g/mol. The van der Waals surface area contributed by atoms with E-state index in [2.05, 4.69) is 20.3 Å². The maximum atomic E-state index is 5.33. The van der Waals surface area contributed by atoms with Crippen molar-refractivity contribution < 1.29 is 4.74 Å². The van der Waals surface area contributed by atoms with Gasteiger partial charge in [-0.1, -0.05) is 0 Å². The lowest BCUT2D eigenvalue weighted by Gasteiger charge is -2.09. The number of pyridine rings is 1. The zero-order valence-corrected chi connectivity index (χ0v) is 9.47. The van der Waals surface area contributed by atoms with Crippen LogP contribution in [0, 0.1) is 5.92 Å². The lowest BCUT2D eigenvalue weighted by atomic mass is 10.1. The van der Waals surface area contributed by atoms with E-state index in [1.165, 1.54) is 0 Å². The van der Waals surface area contributed by atoms with E-state index in [1.54, 1.807) is 12.4 Å². The first kappa shape index (κ1) is 10.4. The Morgan fingerprint density at radius 2 is 2.24 bits per heavy atom. The van der Waals surface area contributed by atoms with E-state index in [0.717, 1.165) is 37.5 Å². The van der Waals surface area contributed by atoms with Gasteiger partial charge in [-0.05, 0) is 18.6 Å². The normalized spacial score (nSPS) is 19.6. The molecule has 2 aromatic rings. The second kappa shape index (κ2) is 4.63. The number of hydrogen-bond acceptors (Lipinski definition) is 5. The quantitative estimate of drug-likeness (QED) is 0.865. The van der Waals surface area contributed by atoms with Crippen LogP contribution in [-0.4, -0.2) is 34.7 Å². The number of nitrogens with zero attached hydrogens (tertiary/aromatic N) is 3. The molecule has 1 aliphatic rings. The van der Waals surface area contributed by atoms with E-state index in [9.17, 15) is 0 Å². The molecule has 3 heterocycles. The van der Waals surface area contributed by atoms with Gasteiger partial charge in [0, 0.05) is 31.5 Å². The Bertz CT molecular complexity index is 511. The van der Waals surface area contributed by atoms with Crippen molar-refractivity contribution in [2.24, 2.45) is 5.92 Å². The molecule has 1 N–H and O–H groups in total. The molecule has 17 heavy (non-hydrogen) atoms. The molecule has 0 saturated carbocycles. The SMILES string of the molecule is c1cnc2nc(NCC3CCOC3)ccc2n1. The molecule has 0 bridgehead atoms. The summed E-state index contributed by atoms with van der Waals surface area (Å²) in [4.78, 5) is 12.8. The fraction of sp³-hybridized carbons (Fsp3) is 0.417. The third kappa shape index (κ3) is 2.34. The van der Waals surface area contributed by atoms with E-state index in [4.69, 9.17) is 4.74 Å². The van der Waals surface area contributed by atoms with Gasteiger partial charge in [0.05, 0.1) is 6.61 Å². The molecule has 5 nitrogen and oxygen atoms in total. The lowest BCUT2D eigenvalue weighted by Crippen LogP contribution is -2.14. The third-order valence-electron chi connectivity index (χ3n) is 2.93. The van der Waals surface area contributed by atoms with E-state index >= 15 is 0 Å². The van der Waals surface area contributed by atoms with Gasteiger partial charge < -0.3 is 10.1 Å². The van der Waals surface area contributed by atoms with Gasteiger partial charge in [0.25, 0.3) is 0 Å². The van der Waals surface area contributed by atoms with Crippen molar-refractivity contribution in [1.29, 1.82) is 0 Å². The molecule has 0 radical (unpaired) electrons. The summed E-state index contributed by atoms with van der Waals surface area (Å²) < 4.78 is 5.33. The van der Waals surface area contributed by atoms with Gasteiger partial charge in [-0.3, -0.25) is 4.98 Å². The molecule has 1 saturated heterocycles. The van der Waals surface area contributed by atoms with Crippen LogP contribution in [0.1, 0.15) is 6.42 Å². The molecular weight excluding hydrogens is 216 g/mol. The molecule has 0 amide bonds.